The van der Waals surface area contributed by atoms with Crippen molar-refractivity contribution in [1.29, 1.82) is 0 Å². The first kappa shape index (κ1) is 19.9. The molecule has 0 saturated heterocycles. The Morgan fingerprint density at radius 1 is 0.952 bits per heavy atom. The van der Waals surface area contributed by atoms with Crippen LogP contribution in [0.3, 0.4) is 0 Å². The lowest BCUT2D eigenvalue weighted by molar-refractivity contribution is -0.150. The number of carbonyl (C=O) groups is 2. The average molecular weight is 299 g/mol. The van der Waals surface area contributed by atoms with Gasteiger partial charge in [-0.05, 0) is 31.1 Å². The first-order chi connectivity index (χ1) is 9.84. The van der Waals surface area contributed by atoms with Gasteiger partial charge in [0.2, 0.25) is 5.91 Å². The fraction of sp³-hybridized carbons (Fsp3) is 0.882. The molecule has 124 valence electrons. The summed E-state index contributed by atoms with van der Waals surface area (Å²) in [5.74, 6) is -0.0442. The van der Waals surface area contributed by atoms with Crippen molar-refractivity contribution in [3.63, 3.8) is 0 Å². The van der Waals surface area contributed by atoms with Gasteiger partial charge in [0.25, 0.3) is 0 Å². The van der Waals surface area contributed by atoms with Crippen LogP contribution >= 0.6 is 0 Å². The molecule has 0 aliphatic carbocycles. The highest BCUT2D eigenvalue weighted by atomic mass is 16.5. The molecule has 1 unspecified atom stereocenters. The fourth-order valence-corrected chi connectivity index (χ4v) is 2.71. The SMILES string of the molecule is CCC[C@@H](C(=O)OCCC(C)[C@@H](CCC)C(N)=O)C(C)C. The van der Waals surface area contributed by atoms with E-state index in [1.54, 1.807) is 0 Å². The molecule has 0 aromatic rings. The van der Waals surface area contributed by atoms with Gasteiger partial charge in [0.1, 0.15) is 0 Å². The summed E-state index contributed by atoms with van der Waals surface area (Å²) in [5.41, 5.74) is 5.44. The molecule has 0 aromatic heterocycles. The van der Waals surface area contributed by atoms with E-state index in [1.165, 1.54) is 0 Å². The van der Waals surface area contributed by atoms with Crippen LogP contribution in [0.15, 0.2) is 0 Å². The van der Waals surface area contributed by atoms with Crippen LogP contribution in [0.4, 0.5) is 0 Å². The van der Waals surface area contributed by atoms with Crippen molar-refractivity contribution in [3.05, 3.63) is 0 Å². The first-order valence-corrected chi connectivity index (χ1v) is 8.30. The molecule has 0 aliphatic heterocycles. The number of hydrogen-bond donors (Lipinski definition) is 1. The standard InChI is InChI=1S/C17H33NO3/c1-6-8-14(12(3)4)17(20)21-11-10-13(5)15(9-7-2)16(18)19/h12-15H,6-11H2,1-5H3,(H2,18,19)/t13?,14-,15-/m1/s1. The zero-order chi connectivity index (χ0) is 16.4. The zero-order valence-corrected chi connectivity index (χ0v) is 14.4. The summed E-state index contributed by atoms with van der Waals surface area (Å²) < 4.78 is 5.41. The number of esters is 1. The molecule has 0 spiro atoms. The lowest BCUT2D eigenvalue weighted by Crippen LogP contribution is -2.30. The Bertz CT molecular complexity index is 315. The van der Waals surface area contributed by atoms with Gasteiger partial charge in [-0.2, -0.15) is 0 Å². The smallest absolute Gasteiger partial charge is 0.309 e. The maximum Gasteiger partial charge on any atom is 0.309 e. The summed E-state index contributed by atoms with van der Waals surface area (Å²) in [7, 11) is 0. The normalized spacial score (nSPS) is 15.5. The highest BCUT2D eigenvalue weighted by Gasteiger charge is 2.25. The molecular formula is C17H33NO3. The van der Waals surface area contributed by atoms with E-state index in [2.05, 4.69) is 20.8 Å². The van der Waals surface area contributed by atoms with Crippen LogP contribution in [0.25, 0.3) is 0 Å². The summed E-state index contributed by atoms with van der Waals surface area (Å²) in [6.45, 7) is 10.6. The van der Waals surface area contributed by atoms with E-state index in [0.29, 0.717) is 18.9 Å². The van der Waals surface area contributed by atoms with Crippen LogP contribution < -0.4 is 5.73 Å². The number of ether oxygens (including phenoxy) is 1. The second kappa shape index (κ2) is 10.6. The molecule has 21 heavy (non-hydrogen) atoms. The van der Waals surface area contributed by atoms with Gasteiger partial charge in [-0.25, -0.2) is 0 Å². The average Bonchev–Trinajstić information content (AvgIpc) is 2.40. The molecule has 0 fully saturated rings. The minimum Gasteiger partial charge on any atom is -0.465 e. The van der Waals surface area contributed by atoms with Crippen LogP contribution in [0, 0.1) is 23.7 Å². The van der Waals surface area contributed by atoms with Crippen molar-refractivity contribution in [2.24, 2.45) is 29.4 Å². The molecule has 4 heteroatoms. The maximum atomic E-state index is 12.1. The van der Waals surface area contributed by atoms with Crippen molar-refractivity contribution >= 4 is 11.9 Å². The van der Waals surface area contributed by atoms with Crippen molar-refractivity contribution in [1.82, 2.24) is 0 Å². The van der Waals surface area contributed by atoms with Crippen LogP contribution in [0.1, 0.15) is 66.7 Å². The van der Waals surface area contributed by atoms with Gasteiger partial charge in [0.05, 0.1) is 12.5 Å². The number of amides is 1. The number of nitrogens with two attached hydrogens (primary N) is 1. The molecule has 0 saturated carbocycles. The van der Waals surface area contributed by atoms with Crippen molar-refractivity contribution in [2.75, 3.05) is 6.61 Å². The first-order valence-electron chi connectivity index (χ1n) is 8.30. The Hall–Kier alpha value is -1.06. The Balaban J connectivity index is 4.27. The summed E-state index contributed by atoms with van der Waals surface area (Å²) in [6.07, 6.45) is 4.27. The van der Waals surface area contributed by atoms with Crippen LogP contribution in [-0.4, -0.2) is 18.5 Å². The molecule has 0 bridgehead atoms. The monoisotopic (exact) mass is 299 g/mol. The minimum atomic E-state index is -0.248. The second-order valence-electron chi connectivity index (χ2n) is 6.37. The van der Waals surface area contributed by atoms with E-state index >= 15 is 0 Å². The van der Waals surface area contributed by atoms with Crippen LogP contribution in [0.5, 0.6) is 0 Å². The molecule has 4 nitrogen and oxygen atoms in total. The summed E-state index contributed by atoms with van der Waals surface area (Å²) >= 11 is 0. The van der Waals surface area contributed by atoms with Gasteiger partial charge in [-0.15, -0.1) is 0 Å². The predicted octanol–water partition coefficient (Wildman–Crippen LogP) is 3.53. The Kier molecular flexibility index (Phi) is 10.1. The van der Waals surface area contributed by atoms with Gasteiger partial charge in [0, 0.05) is 5.92 Å². The molecule has 0 aromatic carbocycles. The lowest BCUT2D eigenvalue weighted by Gasteiger charge is -2.22. The number of primary amides is 1. The maximum absolute atomic E-state index is 12.1. The van der Waals surface area contributed by atoms with E-state index in [4.69, 9.17) is 10.5 Å². The minimum absolute atomic E-state index is 0.0205. The lowest BCUT2D eigenvalue weighted by atomic mass is 9.87. The van der Waals surface area contributed by atoms with Crippen molar-refractivity contribution in [3.8, 4) is 0 Å². The van der Waals surface area contributed by atoms with Crippen molar-refractivity contribution < 1.29 is 14.3 Å². The van der Waals surface area contributed by atoms with Crippen molar-refractivity contribution in [2.45, 2.75) is 66.7 Å². The zero-order valence-electron chi connectivity index (χ0n) is 14.4. The highest BCUT2D eigenvalue weighted by molar-refractivity contribution is 5.76. The summed E-state index contributed by atoms with van der Waals surface area (Å²) in [6, 6.07) is 0. The third kappa shape index (κ3) is 7.49. The molecule has 1 amide bonds. The molecule has 0 heterocycles. The third-order valence-electron chi connectivity index (χ3n) is 4.18. The Morgan fingerprint density at radius 3 is 1.90 bits per heavy atom. The van der Waals surface area contributed by atoms with E-state index in [-0.39, 0.29) is 29.6 Å². The van der Waals surface area contributed by atoms with E-state index < -0.39 is 0 Å². The van der Waals surface area contributed by atoms with E-state index in [9.17, 15) is 9.59 Å². The third-order valence-corrected chi connectivity index (χ3v) is 4.18. The summed E-state index contributed by atoms with van der Waals surface area (Å²) in [5, 5.41) is 0. The van der Waals surface area contributed by atoms with Gasteiger partial charge >= 0.3 is 5.97 Å². The van der Waals surface area contributed by atoms with Gasteiger partial charge in [-0.3, -0.25) is 9.59 Å². The highest BCUT2D eigenvalue weighted by Crippen LogP contribution is 2.22. The largest absolute Gasteiger partial charge is 0.465 e. The summed E-state index contributed by atoms with van der Waals surface area (Å²) in [4.78, 5) is 23.5. The Morgan fingerprint density at radius 2 is 1.48 bits per heavy atom. The van der Waals surface area contributed by atoms with Gasteiger partial charge in [-0.1, -0.05) is 47.5 Å². The van der Waals surface area contributed by atoms with E-state index in [1.807, 2.05) is 13.8 Å². The molecule has 2 N–H and O–H groups in total. The van der Waals surface area contributed by atoms with Crippen LogP contribution in [0.2, 0.25) is 0 Å². The van der Waals surface area contributed by atoms with Crippen LogP contribution in [-0.2, 0) is 14.3 Å². The number of carbonyl (C=O) groups excluding carboxylic acids is 2. The van der Waals surface area contributed by atoms with Gasteiger partial charge in [0.15, 0.2) is 0 Å². The molecule has 0 aliphatic rings. The predicted molar refractivity (Wildman–Crippen MR) is 85.6 cm³/mol. The second-order valence-corrected chi connectivity index (χ2v) is 6.37. The molecule has 3 atom stereocenters. The number of hydrogen-bond acceptors (Lipinski definition) is 3. The quantitative estimate of drug-likeness (QED) is 0.593. The molecule has 0 radical (unpaired) electrons. The number of rotatable bonds is 11. The molecule has 0 rings (SSSR count). The molecular weight excluding hydrogens is 266 g/mol. The Labute approximate surface area is 129 Å². The fourth-order valence-electron chi connectivity index (χ4n) is 2.71. The van der Waals surface area contributed by atoms with E-state index in [0.717, 1.165) is 25.7 Å². The topological polar surface area (TPSA) is 69.4 Å². The van der Waals surface area contributed by atoms with Gasteiger partial charge < -0.3 is 10.5 Å².